The van der Waals surface area contributed by atoms with Crippen molar-refractivity contribution in [3.8, 4) is 11.5 Å². The van der Waals surface area contributed by atoms with Gasteiger partial charge in [-0.15, -0.1) is 0 Å². The molecule has 0 saturated heterocycles. The SMILES string of the molecule is Cc1ccc(NC(=O)Nc2cccc(-c3nc4ccccc4o3)c2)cc1. The average molecular weight is 343 g/mol. The number of carbonyl (C=O) groups excluding carboxylic acids is 1. The highest BCUT2D eigenvalue weighted by atomic mass is 16.3. The summed E-state index contributed by atoms with van der Waals surface area (Å²) in [5, 5.41) is 5.64. The Morgan fingerprint density at radius 3 is 2.46 bits per heavy atom. The summed E-state index contributed by atoms with van der Waals surface area (Å²) in [6.45, 7) is 2.00. The number of hydrogen-bond acceptors (Lipinski definition) is 3. The molecule has 3 aromatic carbocycles. The maximum Gasteiger partial charge on any atom is 0.323 e. The summed E-state index contributed by atoms with van der Waals surface area (Å²) in [6, 6.07) is 22.3. The van der Waals surface area contributed by atoms with Crippen LogP contribution in [0.3, 0.4) is 0 Å². The van der Waals surface area contributed by atoms with Gasteiger partial charge in [0.05, 0.1) is 0 Å². The number of oxazole rings is 1. The van der Waals surface area contributed by atoms with Crippen molar-refractivity contribution in [2.24, 2.45) is 0 Å². The monoisotopic (exact) mass is 343 g/mol. The number of urea groups is 1. The van der Waals surface area contributed by atoms with Crippen molar-refractivity contribution < 1.29 is 9.21 Å². The smallest absolute Gasteiger partial charge is 0.323 e. The second-order valence-corrected chi connectivity index (χ2v) is 6.01. The van der Waals surface area contributed by atoms with Crippen molar-refractivity contribution in [3.05, 3.63) is 78.4 Å². The van der Waals surface area contributed by atoms with E-state index in [1.54, 1.807) is 0 Å². The van der Waals surface area contributed by atoms with Gasteiger partial charge in [0.1, 0.15) is 5.52 Å². The van der Waals surface area contributed by atoms with Crippen molar-refractivity contribution in [1.82, 2.24) is 4.98 Å². The summed E-state index contributed by atoms with van der Waals surface area (Å²) in [6.07, 6.45) is 0. The predicted octanol–water partition coefficient (Wildman–Crippen LogP) is 5.45. The number of nitrogens with zero attached hydrogens (tertiary/aromatic N) is 1. The van der Waals surface area contributed by atoms with Crippen LogP contribution in [0.1, 0.15) is 5.56 Å². The number of anilines is 2. The highest BCUT2D eigenvalue weighted by molar-refractivity contribution is 6.00. The first-order valence-corrected chi connectivity index (χ1v) is 8.28. The number of nitrogens with one attached hydrogen (secondary N) is 2. The van der Waals surface area contributed by atoms with Gasteiger partial charge in [-0.3, -0.25) is 0 Å². The molecule has 0 aliphatic heterocycles. The first-order valence-electron chi connectivity index (χ1n) is 8.28. The van der Waals surface area contributed by atoms with Crippen LogP contribution in [0, 0.1) is 6.92 Å². The molecule has 4 aromatic rings. The molecule has 5 nitrogen and oxygen atoms in total. The van der Waals surface area contributed by atoms with Crippen LogP contribution in [0.2, 0.25) is 0 Å². The molecule has 4 rings (SSSR count). The largest absolute Gasteiger partial charge is 0.436 e. The molecule has 128 valence electrons. The van der Waals surface area contributed by atoms with E-state index in [4.69, 9.17) is 4.42 Å². The summed E-state index contributed by atoms with van der Waals surface area (Å²) in [4.78, 5) is 16.7. The summed E-state index contributed by atoms with van der Waals surface area (Å²) < 4.78 is 5.78. The van der Waals surface area contributed by atoms with Gasteiger partial charge in [-0.1, -0.05) is 35.9 Å². The Hall–Kier alpha value is -3.60. The number of amides is 2. The first-order chi connectivity index (χ1) is 12.7. The summed E-state index contributed by atoms with van der Waals surface area (Å²) in [5.41, 5.74) is 4.88. The third-order valence-corrected chi connectivity index (χ3v) is 3.97. The zero-order valence-corrected chi connectivity index (χ0v) is 14.2. The van der Waals surface area contributed by atoms with E-state index >= 15 is 0 Å². The number of aromatic nitrogens is 1. The molecule has 2 amide bonds. The number of fused-ring (bicyclic) bond motifs is 1. The Morgan fingerprint density at radius 2 is 1.65 bits per heavy atom. The highest BCUT2D eigenvalue weighted by Gasteiger charge is 2.09. The van der Waals surface area contributed by atoms with Crippen molar-refractivity contribution >= 4 is 28.5 Å². The number of para-hydroxylation sites is 2. The fourth-order valence-electron chi connectivity index (χ4n) is 2.66. The fourth-order valence-corrected chi connectivity index (χ4v) is 2.66. The topological polar surface area (TPSA) is 67.2 Å². The van der Waals surface area contributed by atoms with Crippen molar-refractivity contribution in [3.63, 3.8) is 0 Å². The van der Waals surface area contributed by atoms with E-state index in [9.17, 15) is 4.79 Å². The average Bonchev–Trinajstić information content (AvgIpc) is 3.08. The van der Waals surface area contributed by atoms with E-state index in [-0.39, 0.29) is 6.03 Å². The lowest BCUT2D eigenvalue weighted by atomic mass is 10.2. The fraction of sp³-hybridized carbons (Fsp3) is 0.0476. The molecule has 0 spiro atoms. The molecule has 0 saturated carbocycles. The van der Waals surface area contributed by atoms with Crippen LogP contribution in [0.15, 0.2) is 77.2 Å². The number of aryl methyl sites for hydroxylation is 1. The van der Waals surface area contributed by atoms with Gasteiger partial charge in [0.2, 0.25) is 5.89 Å². The van der Waals surface area contributed by atoms with Gasteiger partial charge < -0.3 is 15.1 Å². The van der Waals surface area contributed by atoms with Gasteiger partial charge in [-0.05, 0) is 49.4 Å². The lowest BCUT2D eigenvalue weighted by Crippen LogP contribution is -2.19. The number of carbonyl (C=O) groups is 1. The molecule has 0 atom stereocenters. The maximum absolute atomic E-state index is 12.2. The molecule has 26 heavy (non-hydrogen) atoms. The standard InChI is InChI=1S/C21H17N3O2/c1-14-9-11-16(12-10-14)22-21(25)23-17-6-4-5-15(13-17)20-24-18-7-2-3-8-19(18)26-20/h2-13H,1H3,(H2,22,23,25). The van der Waals surface area contributed by atoms with Gasteiger partial charge in [-0.25, -0.2) is 9.78 Å². The van der Waals surface area contributed by atoms with Gasteiger partial charge in [0, 0.05) is 16.9 Å². The predicted molar refractivity (Wildman–Crippen MR) is 103 cm³/mol. The van der Waals surface area contributed by atoms with E-state index in [0.29, 0.717) is 11.6 Å². The second-order valence-electron chi connectivity index (χ2n) is 6.01. The molecule has 0 radical (unpaired) electrons. The Kier molecular flexibility index (Phi) is 4.11. The van der Waals surface area contributed by atoms with Crippen LogP contribution >= 0.6 is 0 Å². The van der Waals surface area contributed by atoms with Gasteiger partial charge in [-0.2, -0.15) is 0 Å². The molecule has 0 aliphatic rings. The van der Waals surface area contributed by atoms with Crippen molar-refractivity contribution in [2.45, 2.75) is 6.92 Å². The molecule has 1 heterocycles. The van der Waals surface area contributed by atoms with Crippen molar-refractivity contribution in [1.29, 1.82) is 0 Å². The number of benzene rings is 3. The Labute approximate surface area is 150 Å². The minimum Gasteiger partial charge on any atom is -0.436 e. The number of rotatable bonds is 3. The first kappa shape index (κ1) is 15.9. The molecular formula is C21H17N3O2. The second kappa shape index (κ2) is 6.72. The normalized spacial score (nSPS) is 10.7. The van der Waals surface area contributed by atoms with E-state index < -0.39 is 0 Å². The molecular weight excluding hydrogens is 326 g/mol. The molecule has 0 aliphatic carbocycles. The Bertz CT molecular complexity index is 1040. The Balaban J connectivity index is 1.51. The quantitative estimate of drug-likeness (QED) is 0.520. The van der Waals surface area contributed by atoms with Crippen LogP contribution in [0.25, 0.3) is 22.6 Å². The van der Waals surface area contributed by atoms with Gasteiger partial charge >= 0.3 is 6.03 Å². The zero-order valence-electron chi connectivity index (χ0n) is 14.2. The highest BCUT2D eigenvalue weighted by Crippen LogP contribution is 2.26. The van der Waals surface area contributed by atoms with Crippen LogP contribution in [-0.4, -0.2) is 11.0 Å². The minimum atomic E-state index is -0.302. The van der Waals surface area contributed by atoms with Crippen molar-refractivity contribution in [2.75, 3.05) is 10.6 Å². The summed E-state index contributed by atoms with van der Waals surface area (Å²) in [5.74, 6) is 0.522. The number of hydrogen-bond donors (Lipinski definition) is 2. The van der Waals surface area contributed by atoms with E-state index in [2.05, 4.69) is 15.6 Å². The maximum atomic E-state index is 12.2. The molecule has 0 unspecified atom stereocenters. The lowest BCUT2D eigenvalue weighted by Gasteiger charge is -2.08. The van der Waals surface area contributed by atoms with Crippen LogP contribution in [0.4, 0.5) is 16.2 Å². The lowest BCUT2D eigenvalue weighted by molar-refractivity contribution is 0.262. The third kappa shape index (κ3) is 3.42. The van der Waals surface area contributed by atoms with E-state index in [1.165, 1.54) is 0 Å². The molecule has 5 heteroatoms. The van der Waals surface area contributed by atoms with Crippen LogP contribution in [-0.2, 0) is 0 Å². The minimum absolute atomic E-state index is 0.302. The van der Waals surface area contributed by atoms with Crippen LogP contribution in [0.5, 0.6) is 0 Å². The molecule has 2 N–H and O–H groups in total. The van der Waals surface area contributed by atoms with Gasteiger partial charge in [0.15, 0.2) is 5.58 Å². The van der Waals surface area contributed by atoms with E-state index in [1.807, 2.05) is 79.7 Å². The Morgan fingerprint density at radius 1 is 0.885 bits per heavy atom. The molecule has 1 aromatic heterocycles. The molecule has 0 fully saturated rings. The molecule has 0 bridgehead atoms. The van der Waals surface area contributed by atoms with Crippen LogP contribution < -0.4 is 10.6 Å². The van der Waals surface area contributed by atoms with Gasteiger partial charge in [0.25, 0.3) is 0 Å². The zero-order chi connectivity index (χ0) is 17.9. The summed E-state index contributed by atoms with van der Waals surface area (Å²) in [7, 11) is 0. The van der Waals surface area contributed by atoms with E-state index in [0.717, 1.165) is 27.9 Å². The summed E-state index contributed by atoms with van der Waals surface area (Å²) >= 11 is 0. The third-order valence-electron chi connectivity index (χ3n) is 3.97.